The number of nitrogens with one attached hydrogen (secondary N) is 2. The lowest BCUT2D eigenvalue weighted by molar-refractivity contribution is 0.127. The molecule has 2 aromatic rings. The number of ether oxygens (including phenoxy) is 1. The van der Waals surface area contributed by atoms with Crippen molar-refractivity contribution >= 4 is 27.1 Å². The Balaban J connectivity index is 0.00000141. The second-order valence-corrected chi connectivity index (χ2v) is 9.89. The van der Waals surface area contributed by atoms with Gasteiger partial charge in [-0.1, -0.05) is 19.9 Å². The Bertz CT molecular complexity index is 1100. The molecule has 1 aliphatic carbocycles. The molecule has 3 N–H and O–H groups in total. The Labute approximate surface area is 185 Å². The first-order chi connectivity index (χ1) is 15.1. The van der Waals surface area contributed by atoms with E-state index in [1.807, 2.05) is 13.8 Å². The third-order valence-corrected chi connectivity index (χ3v) is 7.69. The van der Waals surface area contributed by atoms with Gasteiger partial charge in [0, 0.05) is 12.5 Å². The minimum Gasteiger partial charge on any atom is -0.491 e. The van der Waals surface area contributed by atoms with Gasteiger partial charge in [0.1, 0.15) is 22.9 Å². The number of sulfonamides is 1. The molecular weight excluding hydrogens is 445 g/mol. The van der Waals surface area contributed by atoms with Crippen LogP contribution in [0.1, 0.15) is 45.1 Å². The molecule has 1 atom stereocenters. The first-order valence-electron chi connectivity index (χ1n) is 10.5. The van der Waals surface area contributed by atoms with Gasteiger partial charge in [0.15, 0.2) is 11.6 Å². The Morgan fingerprint density at radius 1 is 1.16 bits per heavy atom. The van der Waals surface area contributed by atoms with Gasteiger partial charge in [-0.25, -0.2) is 21.6 Å². The quantitative estimate of drug-likeness (QED) is 0.573. The van der Waals surface area contributed by atoms with Crippen molar-refractivity contribution in [3.05, 3.63) is 47.3 Å². The van der Waals surface area contributed by atoms with Crippen molar-refractivity contribution in [2.75, 3.05) is 16.6 Å². The van der Waals surface area contributed by atoms with E-state index in [0.717, 1.165) is 6.07 Å². The molecule has 0 bridgehead atoms. The van der Waals surface area contributed by atoms with Crippen molar-refractivity contribution in [1.82, 2.24) is 0 Å². The second kappa shape index (κ2) is 9.19. The van der Waals surface area contributed by atoms with E-state index in [9.17, 15) is 26.7 Å². The number of anilines is 3. The minimum absolute atomic E-state index is 0.0139. The molecule has 1 saturated carbocycles. The summed E-state index contributed by atoms with van der Waals surface area (Å²) in [6, 6.07) is 4.86. The number of benzene rings is 2. The maximum atomic E-state index is 14.7. The SMILES string of the molecule is CC.Cc1ccc(Nc2c(F)c(F)cc3c2NS(=O)(=O)C2(CC2)CC(O)CCO3)c(F)c1. The van der Waals surface area contributed by atoms with E-state index in [1.165, 1.54) is 12.1 Å². The van der Waals surface area contributed by atoms with E-state index < -0.39 is 44.0 Å². The molecule has 2 aromatic carbocycles. The summed E-state index contributed by atoms with van der Waals surface area (Å²) < 4.78 is 76.0. The normalized spacial score (nSPS) is 20.7. The Morgan fingerprint density at radius 2 is 1.84 bits per heavy atom. The van der Waals surface area contributed by atoms with E-state index in [2.05, 4.69) is 10.0 Å². The molecule has 32 heavy (non-hydrogen) atoms. The maximum absolute atomic E-state index is 14.7. The highest BCUT2D eigenvalue weighted by Gasteiger charge is 2.56. The van der Waals surface area contributed by atoms with Gasteiger partial charge in [0.05, 0.1) is 23.1 Å². The third kappa shape index (κ3) is 4.66. The van der Waals surface area contributed by atoms with Gasteiger partial charge in [-0.15, -0.1) is 0 Å². The number of aliphatic hydroxyl groups is 1. The number of aryl methyl sites for hydroxylation is 1. The molecule has 1 aliphatic heterocycles. The van der Waals surface area contributed by atoms with Crippen molar-refractivity contribution in [2.45, 2.75) is 57.3 Å². The maximum Gasteiger partial charge on any atom is 0.238 e. The fraction of sp³-hybridized carbons (Fsp3) is 0.455. The van der Waals surface area contributed by atoms with Crippen LogP contribution in [-0.2, 0) is 10.0 Å². The number of hydrogen-bond acceptors (Lipinski definition) is 5. The molecule has 4 rings (SSSR count). The smallest absolute Gasteiger partial charge is 0.238 e. The van der Waals surface area contributed by atoms with E-state index in [4.69, 9.17) is 4.74 Å². The lowest BCUT2D eigenvalue weighted by atomic mass is 10.1. The average molecular weight is 473 g/mol. The topological polar surface area (TPSA) is 87.7 Å². The summed E-state index contributed by atoms with van der Waals surface area (Å²) in [4.78, 5) is 0. The van der Waals surface area contributed by atoms with Gasteiger partial charge < -0.3 is 15.2 Å². The zero-order valence-electron chi connectivity index (χ0n) is 18.1. The summed E-state index contributed by atoms with van der Waals surface area (Å²) in [5.74, 6) is -3.63. The van der Waals surface area contributed by atoms with Crippen LogP contribution in [0.3, 0.4) is 0 Å². The van der Waals surface area contributed by atoms with Gasteiger partial charge in [-0.3, -0.25) is 4.72 Å². The molecule has 1 spiro atoms. The largest absolute Gasteiger partial charge is 0.491 e. The molecule has 6 nitrogen and oxygen atoms in total. The molecule has 0 aromatic heterocycles. The molecule has 10 heteroatoms. The van der Waals surface area contributed by atoms with Crippen molar-refractivity contribution in [3.8, 4) is 5.75 Å². The van der Waals surface area contributed by atoms with Crippen LogP contribution >= 0.6 is 0 Å². The summed E-state index contributed by atoms with van der Waals surface area (Å²) in [7, 11) is -4.07. The van der Waals surface area contributed by atoms with Crippen LogP contribution in [0.5, 0.6) is 5.75 Å². The van der Waals surface area contributed by atoms with Crippen LogP contribution in [0.4, 0.5) is 30.2 Å². The molecule has 1 fully saturated rings. The molecule has 0 saturated heterocycles. The number of rotatable bonds is 2. The Kier molecular flexibility index (Phi) is 6.94. The van der Waals surface area contributed by atoms with E-state index in [0.29, 0.717) is 18.4 Å². The average Bonchev–Trinajstić information content (AvgIpc) is 3.52. The van der Waals surface area contributed by atoms with Gasteiger partial charge in [0.2, 0.25) is 10.0 Å². The molecule has 176 valence electrons. The Morgan fingerprint density at radius 3 is 2.47 bits per heavy atom. The fourth-order valence-electron chi connectivity index (χ4n) is 3.59. The summed E-state index contributed by atoms with van der Waals surface area (Å²) in [6.07, 6.45) is -0.0795. The first-order valence-corrected chi connectivity index (χ1v) is 12.0. The highest BCUT2D eigenvalue weighted by Crippen LogP contribution is 2.50. The van der Waals surface area contributed by atoms with Crippen molar-refractivity contribution < 1.29 is 31.4 Å². The van der Waals surface area contributed by atoms with Crippen molar-refractivity contribution in [2.24, 2.45) is 0 Å². The number of halogens is 3. The van der Waals surface area contributed by atoms with Crippen LogP contribution in [-0.4, -0.2) is 31.0 Å². The lowest BCUT2D eigenvalue weighted by Crippen LogP contribution is -2.35. The highest BCUT2D eigenvalue weighted by molar-refractivity contribution is 7.94. The molecule has 0 amide bonds. The molecule has 1 unspecified atom stereocenters. The van der Waals surface area contributed by atoms with Gasteiger partial charge in [-0.2, -0.15) is 0 Å². The van der Waals surface area contributed by atoms with E-state index in [1.54, 1.807) is 13.0 Å². The van der Waals surface area contributed by atoms with E-state index in [-0.39, 0.29) is 36.6 Å². The zero-order chi connectivity index (χ0) is 23.7. The molecule has 1 heterocycles. The summed E-state index contributed by atoms with van der Waals surface area (Å²) in [5.41, 5.74) is -0.441. The van der Waals surface area contributed by atoms with E-state index >= 15 is 0 Å². The second-order valence-electron chi connectivity index (χ2n) is 7.81. The number of aliphatic hydroxyl groups excluding tert-OH is 1. The summed E-state index contributed by atoms with van der Waals surface area (Å²) in [5, 5.41) is 12.6. The molecular formula is C22H27F3N2O4S. The van der Waals surface area contributed by atoms with Crippen molar-refractivity contribution in [3.63, 3.8) is 0 Å². The minimum atomic E-state index is -4.07. The van der Waals surface area contributed by atoms with Crippen LogP contribution in [0, 0.1) is 24.4 Å². The summed E-state index contributed by atoms with van der Waals surface area (Å²) in [6.45, 7) is 5.64. The fourth-order valence-corrected chi connectivity index (χ4v) is 5.33. The predicted molar refractivity (Wildman–Crippen MR) is 117 cm³/mol. The monoisotopic (exact) mass is 472 g/mol. The standard InChI is InChI=1S/C20H21F3N2O4S.C2H6/c1-11-2-3-15(13(21)8-11)24-19-17(23)14(22)9-16-18(19)25-30(27,28)20(5-6-20)10-12(26)4-7-29-16;1-2/h2-3,8-9,12,24-26H,4-7,10H2,1H3;1-2H3. The number of fused-ring (bicyclic) bond motifs is 1. The molecule has 0 radical (unpaired) electrons. The van der Waals surface area contributed by atoms with Gasteiger partial charge >= 0.3 is 0 Å². The predicted octanol–water partition coefficient (Wildman–Crippen LogP) is 4.99. The summed E-state index contributed by atoms with van der Waals surface area (Å²) >= 11 is 0. The first kappa shape index (κ1) is 24.2. The highest BCUT2D eigenvalue weighted by atomic mass is 32.2. The van der Waals surface area contributed by atoms with Gasteiger partial charge in [0.25, 0.3) is 0 Å². The lowest BCUT2D eigenvalue weighted by Gasteiger charge is -2.26. The zero-order valence-corrected chi connectivity index (χ0v) is 19.0. The van der Waals surface area contributed by atoms with Gasteiger partial charge in [-0.05, 0) is 43.9 Å². The van der Waals surface area contributed by atoms with Crippen molar-refractivity contribution in [1.29, 1.82) is 0 Å². The molecule has 2 aliphatic rings. The van der Waals surface area contributed by atoms with Crippen LogP contribution in [0.2, 0.25) is 0 Å². The third-order valence-electron chi connectivity index (χ3n) is 5.50. The van der Waals surface area contributed by atoms with Crippen LogP contribution in [0.15, 0.2) is 24.3 Å². The number of hydrogen-bond donors (Lipinski definition) is 3. The van der Waals surface area contributed by atoms with Crippen LogP contribution < -0.4 is 14.8 Å². The van der Waals surface area contributed by atoms with Crippen LogP contribution in [0.25, 0.3) is 0 Å². The Hall–Kier alpha value is -2.46.